The minimum absolute atomic E-state index is 0.0595. The number of benzene rings is 1. The van der Waals surface area contributed by atoms with Gasteiger partial charge in [0.1, 0.15) is 11.6 Å². The number of carbonyl (C=O) groups excluding carboxylic acids is 2. The van der Waals surface area contributed by atoms with Crippen molar-refractivity contribution < 1.29 is 18.4 Å². The number of aromatic nitrogens is 1. The molecule has 22 heavy (non-hydrogen) atoms. The number of aryl methyl sites for hydroxylation is 2. The second kappa shape index (κ2) is 6.21. The Morgan fingerprint density at radius 3 is 2.64 bits per heavy atom. The van der Waals surface area contributed by atoms with Crippen LogP contribution in [0.3, 0.4) is 0 Å². The summed E-state index contributed by atoms with van der Waals surface area (Å²) in [6.45, 7) is 6.54. The van der Waals surface area contributed by atoms with E-state index >= 15 is 0 Å². The number of nitrogens with one attached hydrogen (secondary N) is 2. The van der Waals surface area contributed by atoms with Crippen LogP contribution in [-0.4, -0.2) is 16.8 Å². The topological polar surface area (TPSA) is 84.2 Å². The molecule has 0 atom stereocenters. The molecule has 2 N–H and O–H groups in total. The Balaban J connectivity index is 2.21. The van der Waals surface area contributed by atoms with E-state index in [0.717, 1.165) is 12.1 Å². The van der Waals surface area contributed by atoms with Gasteiger partial charge in [-0.05, 0) is 31.2 Å². The van der Waals surface area contributed by atoms with E-state index in [1.165, 1.54) is 12.1 Å². The van der Waals surface area contributed by atoms with Crippen LogP contribution in [-0.2, 0) is 4.79 Å². The highest BCUT2D eigenvalue weighted by molar-refractivity contribution is 6.04. The van der Waals surface area contributed by atoms with Gasteiger partial charge in [-0.3, -0.25) is 9.59 Å². The van der Waals surface area contributed by atoms with Crippen molar-refractivity contribution in [2.75, 3.05) is 10.6 Å². The molecule has 0 aliphatic carbocycles. The van der Waals surface area contributed by atoms with E-state index in [1.807, 2.05) is 0 Å². The van der Waals surface area contributed by atoms with Crippen molar-refractivity contribution in [1.29, 1.82) is 0 Å². The van der Waals surface area contributed by atoms with Crippen molar-refractivity contribution in [1.82, 2.24) is 4.98 Å². The maximum atomic E-state index is 13.6. The average Bonchev–Trinajstić information content (AvgIpc) is 2.81. The van der Waals surface area contributed by atoms with Crippen molar-refractivity contribution in [3.8, 4) is 0 Å². The van der Waals surface area contributed by atoms with Gasteiger partial charge in [-0.1, -0.05) is 6.58 Å². The summed E-state index contributed by atoms with van der Waals surface area (Å²) in [5.41, 5.74) is 0.403. The monoisotopic (exact) mass is 303 g/mol. The Bertz CT molecular complexity index is 752. The number of halogens is 1. The van der Waals surface area contributed by atoms with Gasteiger partial charge in [-0.25, -0.2) is 9.37 Å². The van der Waals surface area contributed by atoms with Crippen LogP contribution >= 0.6 is 0 Å². The lowest BCUT2D eigenvalue weighted by Gasteiger charge is -2.08. The Labute approximate surface area is 126 Å². The van der Waals surface area contributed by atoms with Gasteiger partial charge < -0.3 is 15.1 Å². The highest BCUT2D eigenvalue weighted by Crippen LogP contribution is 2.21. The summed E-state index contributed by atoms with van der Waals surface area (Å²) in [6.07, 6.45) is 1.02. The number of anilines is 2. The molecular formula is C15H14FN3O3. The van der Waals surface area contributed by atoms with Gasteiger partial charge in [0.25, 0.3) is 5.91 Å². The number of amides is 2. The van der Waals surface area contributed by atoms with E-state index in [0.29, 0.717) is 17.3 Å². The van der Waals surface area contributed by atoms with Crippen LogP contribution in [0.2, 0.25) is 0 Å². The van der Waals surface area contributed by atoms with Crippen LogP contribution in [0.15, 0.2) is 35.3 Å². The molecule has 6 nitrogen and oxygen atoms in total. The third-order valence-corrected chi connectivity index (χ3v) is 2.79. The fourth-order valence-corrected chi connectivity index (χ4v) is 1.81. The van der Waals surface area contributed by atoms with Gasteiger partial charge in [0.05, 0.1) is 5.69 Å². The van der Waals surface area contributed by atoms with Crippen molar-refractivity contribution in [2.24, 2.45) is 0 Å². The van der Waals surface area contributed by atoms with Gasteiger partial charge in [0.2, 0.25) is 5.91 Å². The Kier molecular flexibility index (Phi) is 4.36. The molecule has 1 heterocycles. The molecule has 0 fully saturated rings. The second-order valence-electron chi connectivity index (χ2n) is 4.48. The van der Waals surface area contributed by atoms with Crippen molar-refractivity contribution in [3.05, 3.63) is 54.0 Å². The summed E-state index contributed by atoms with van der Waals surface area (Å²) in [4.78, 5) is 27.3. The number of carbonyl (C=O) groups is 2. The van der Waals surface area contributed by atoms with E-state index in [1.54, 1.807) is 13.8 Å². The van der Waals surface area contributed by atoms with Gasteiger partial charge in [0, 0.05) is 12.6 Å². The van der Waals surface area contributed by atoms with Gasteiger partial charge >= 0.3 is 0 Å². The predicted octanol–water partition coefficient (Wildman–Crippen LogP) is 2.81. The van der Waals surface area contributed by atoms with Gasteiger partial charge in [0.15, 0.2) is 11.6 Å². The molecule has 0 unspecified atom stereocenters. The quantitative estimate of drug-likeness (QED) is 0.851. The molecule has 2 rings (SSSR count). The lowest BCUT2D eigenvalue weighted by atomic mass is 10.2. The minimum atomic E-state index is -0.623. The van der Waals surface area contributed by atoms with Crippen molar-refractivity contribution in [2.45, 2.75) is 13.8 Å². The standard InChI is InChI=1S/C15H14FN3O3/c1-4-13(20)19-12-7-10(5-6-11(12)16)18-15(21)14-8(2)22-9(3)17-14/h4-7H,1H2,2-3H3,(H,18,21)(H,19,20). The zero-order valence-electron chi connectivity index (χ0n) is 12.1. The smallest absolute Gasteiger partial charge is 0.277 e. The van der Waals surface area contributed by atoms with E-state index in [9.17, 15) is 14.0 Å². The number of hydrogen-bond donors (Lipinski definition) is 2. The zero-order chi connectivity index (χ0) is 16.3. The van der Waals surface area contributed by atoms with E-state index in [2.05, 4.69) is 22.2 Å². The largest absolute Gasteiger partial charge is 0.445 e. The van der Waals surface area contributed by atoms with Crippen LogP contribution in [0.1, 0.15) is 22.1 Å². The molecule has 0 saturated heterocycles. The van der Waals surface area contributed by atoms with Crippen LogP contribution in [0, 0.1) is 19.7 Å². The Hall–Kier alpha value is -2.96. The minimum Gasteiger partial charge on any atom is -0.445 e. The highest BCUT2D eigenvalue weighted by atomic mass is 19.1. The molecule has 0 bridgehead atoms. The predicted molar refractivity (Wildman–Crippen MR) is 79.2 cm³/mol. The van der Waals surface area contributed by atoms with Crippen molar-refractivity contribution >= 4 is 23.2 Å². The summed E-state index contributed by atoms with van der Waals surface area (Å²) >= 11 is 0. The second-order valence-corrected chi connectivity index (χ2v) is 4.48. The lowest BCUT2D eigenvalue weighted by Crippen LogP contribution is -2.14. The summed E-state index contributed by atoms with van der Waals surface area (Å²) in [6, 6.07) is 3.81. The van der Waals surface area contributed by atoms with Gasteiger partial charge in [-0.2, -0.15) is 0 Å². The lowest BCUT2D eigenvalue weighted by molar-refractivity contribution is -0.111. The molecule has 0 aliphatic rings. The molecule has 0 aliphatic heterocycles. The number of hydrogen-bond acceptors (Lipinski definition) is 4. The average molecular weight is 303 g/mol. The van der Waals surface area contributed by atoms with Crippen LogP contribution in [0.5, 0.6) is 0 Å². The van der Waals surface area contributed by atoms with Crippen LogP contribution in [0.25, 0.3) is 0 Å². The SMILES string of the molecule is C=CC(=O)Nc1cc(NC(=O)c2nc(C)oc2C)ccc1F. The number of oxazole rings is 1. The molecular weight excluding hydrogens is 289 g/mol. The first-order valence-electron chi connectivity index (χ1n) is 6.39. The van der Waals surface area contributed by atoms with E-state index < -0.39 is 17.6 Å². The fourth-order valence-electron chi connectivity index (χ4n) is 1.81. The molecule has 114 valence electrons. The molecule has 0 radical (unpaired) electrons. The molecule has 7 heteroatoms. The Morgan fingerprint density at radius 2 is 2.05 bits per heavy atom. The molecule has 2 amide bonds. The molecule has 1 aromatic heterocycles. The van der Waals surface area contributed by atoms with Crippen LogP contribution in [0.4, 0.5) is 15.8 Å². The molecule has 2 aromatic rings. The maximum Gasteiger partial charge on any atom is 0.277 e. The third kappa shape index (κ3) is 3.38. The van der Waals surface area contributed by atoms with Crippen LogP contribution < -0.4 is 10.6 Å². The number of nitrogens with zero attached hydrogens (tertiary/aromatic N) is 1. The first-order chi connectivity index (χ1) is 10.4. The highest BCUT2D eigenvalue weighted by Gasteiger charge is 2.16. The molecule has 1 aromatic carbocycles. The first-order valence-corrected chi connectivity index (χ1v) is 6.39. The van der Waals surface area contributed by atoms with Crippen molar-refractivity contribution in [3.63, 3.8) is 0 Å². The normalized spacial score (nSPS) is 10.1. The van der Waals surface area contributed by atoms with Gasteiger partial charge in [-0.15, -0.1) is 0 Å². The fraction of sp³-hybridized carbons (Fsp3) is 0.133. The summed E-state index contributed by atoms with van der Waals surface area (Å²) in [5.74, 6) is -0.896. The number of rotatable bonds is 4. The summed E-state index contributed by atoms with van der Waals surface area (Å²) in [7, 11) is 0. The third-order valence-electron chi connectivity index (χ3n) is 2.79. The first kappa shape index (κ1) is 15.4. The van der Waals surface area contributed by atoms with E-state index in [4.69, 9.17) is 4.42 Å². The Morgan fingerprint density at radius 1 is 1.32 bits per heavy atom. The summed E-state index contributed by atoms with van der Waals surface area (Å²) in [5, 5.41) is 4.88. The maximum absolute atomic E-state index is 13.6. The molecule has 0 saturated carbocycles. The summed E-state index contributed by atoms with van der Waals surface area (Å²) < 4.78 is 18.8. The zero-order valence-corrected chi connectivity index (χ0v) is 12.1. The van der Waals surface area contributed by atoms with E-state index in [-0.39, 0.29) is 11.4 Å². The molecule has 0 spiro atoms.